The number of aliphatic carboxylic acids is 1. The number of allylic oxidation sites excluding steroid dienone is 14. The molecule has 2 atom stereocenters. The second-order valence-corrected chi connectivity index (χ2v) is 17.7. The summed E-state index contributed by atoms with van der Waals surface area (Å²) in [5, 5.41) is 9.65. The van der Waals surface area contributed by atoms with Crippen LogP contribution >= 0.6 is 0 Å². The first-order valence-corrected chi connectivity index (χ1v) is 25.1. The maximum absolute atomic E-state index is 12.8. The number of carboxylic acid groups (broad SMARTS) is 1. The SMILES string of the molecule is CC/C=C/C/C=C/C/C=C/C/C=C/C/C=C/C/C=C/C/C=C/CCCC(=O)OCC(COCCC(C(=O)O)[N+](C)(C)C)OC(=O)CCCCCCCCCCCCCCCCCC. The van der Waals surface area contributed by atoms with Crippen molar-refractivity contribution in [3.63, 3.8) is 0 Å². The van der Waals surface area contributed by atoms with E-state index in [0.29, 0.717) is 19.3 Å². The van der Waals surface area contributed by atoms with E-state index in [2.05, 4.69) is 98.9 Å². The Morgan fingerprint density at radius 3 is 1.30 bits per heavy atom. The van der Waals surface area contributed by atoms with Gasteiger partial charge in [0, 0.05) is 19.3 Å². The highest BCUT2D eigenvalue weighted by Gasteiger charge is 2.31. The Bertz CT molecular complexity index is 1300. The molecule has 0 amide bonds. The van der Waals surface area contributed by atoms with Crippen molar-refractivity contribution in [3.8, 4) is 0 Å². The number of ether oxygens (including phenoxy) is 3. The molecule has 0 bridgehead atoms. The molecule has 0 aliphatic rings. The number of esters is 2. The van der Waals surface area contributed by atoms with E-state index in [4.69, 9.17) is 14.2 Å². The first kappa shape index (κ1) is 59.5. The Labute approximate surface area is 386 Å². The van der Waals surface area contributed by atoms with Crippen LogP contribution in [0.1, 0.15) is 194 Å². The first-order valence-electron chi connectivity index (χ1n) is 25.1. The molecule has 1 N–H and O–H groups in total. The van der Waals surface area contributed by atoms with Gasteiger partial charge in [0.25, 0.3) is 0 Å². The van der Waals surface area contributed by atoms with Crippen molar-refractivity contribution in [1.82, 2.24) is 0 Å². The van der Waals surface area contributed by atoms with Gasteiger partial charge in [-0.2, -0.15) is 0 Å². The lowest BCUT2D eigenvalue weighted by atomic mass is 10.0. The Balaban J connectivity index is 4.37. The number of nitrogens with zero attached hydrogens (tertiary/aromatic N) is 1. The molecule has 0 radical (unpaired) electrons. The van der Waals surface area contributed by atoms with Crippen molar-refractivity contribution >= 4 is 17.9 Å². The van der Waals surface area contributed by atoms with E-state index >= 15 is 0 Å². The fraction of sp³-hybridized carbons (Fsp3) is 0.691. The summed E-state index contributed by atoms with van der Waals surface area (Å²) >= 11 is 0. The normalized spacial score (nSPS) is 13.6. The molecule has 0 aromatic carbocycles. The highest BCUT2D eigenvalue weighted by Crippen LogP contribution is 2.15. The van der Waals surface area contributed by atoms with Gasteiger partial charge in [-0.05, 0) is 64.2 Å². The van der Waals surface area contributed by atoms with Gasteiger partial charge in [0.05, 0.1) is 34.4 Å². The third-order valence-corrected chi connectivity index (χ3v) is 10.8. The summed E-state index contributed by atoms with van der Waals surface area (Å²) in [6.45, 7) is 4.57. The fourth-order valence-electron chi connectivity index (χ4n) is 6.96. The summed E-state index contributed by atoms with van der Waals surface area (Å²) in [5.41, 5.74) is 0. The number of carbonyl (C=O) groups is 3. The number of quaternary nitrogens is 1. The Kier molecular flexibility index (Phi) is 42.6. The molecule has 360 valence electrons. The van der Waals surface area contributed by atoms with Crippen LogP contribution in [0.4, 0.5) is 0 Å². The Morgan fingerprint density at radius 2 is 0.889 bits per heavy atom. The van der Waals surface area contributed by atoms with Gasteiger partial charge in [0.2, 0.25) is 0 Å². The molecular formula is C55H94NO7+. The molecule has 0 aliphatic carbocycles. The van der Waals surface area contributed by atoms with Crippen molar-refractivity contribution in [2.24, 2.45) is 0 Å². The molecule has 0 spiro atoms. The van der Waals surface area contributed by atoms with E-state index in [1.54, 1.807) is 0 Å². The third kappa shape index (κ3) is 43.5. The molecule has 0 saturated carbocycles. The van der Waals surface area contributed by atoms with Gasteiger partial charge in [-0.15, -0.1) is 0 Å². The quantitative estimate of drug-likeness (QED) is 0.0282. The maximum Gasteiger partial charge on any atom is 0.362 e. The van der Waals surface area contributed by atoms with Gasteiger partial charge < -0.3 is 23.8 Å². The van der Waals surface area contributed by atoms with Gasteiger partial charge in [0.15, 0.2) is 12.1 Å². The number of carboxylic acids is 1. The minimum atomic E-state index is -0.884. The van der Waals surface area contributed by atoms with Gasteiger partial charge in [-0.25, -0.2) is 4.79 Å². The number of carbonyl (C=O) groups excluding carboxylic acids is 2. The highest BCUT2D eigenvalue weighted by atomic mass is 16.6. The predicted octanol–water partition coefficient (Wildman–Crippen LogP) is 14.5. The first-order chi connectivity index (χ1) is 30.6. The smallest absolute Gasteiger partial charge is 0.362 e. The van der Waals surface area contributed by atoms with Gasteiger partial charge in [0.1, 0.15) is 6.61 Å². The van der Waals surface area contributed by atoms with Crippen molar-refractivity contribution in [1.29, 1.82) is 0 Å². The average Bonchev–Trinajstić information content (AvgIpc) is 3.24. The molecule has 63 heavy (non-hydrogen) atoms. The van der Waals surface area contributed by atoms with Crippen molar-refractivity contribution < 1.29 is 38.2 Å². The lowest BCUT2D eigenvalue weighted by molar-refractivity contribution is -0.887. The number of unbranched alkanes of at least 4 members (excludes halogenated alkanes) is 16. The predicted molar refractivity (Wildman–Crippen MR) is 266 cm³/mol. The summed E-state index contributed by atoms with van der Waals surface area (Å²) in [6.07, 6.45) is 59.2. The lowest BCUT2D eigenvalue weighted by Crippen LogP contribution is -2.50. The van der Waals surface area contributed by atoms with E-state index in [0.717, 1.165) is 70.6 Å². The Hall–Kier alpha value is -3.49. The summed E-state index contributed by atoms with van der Waals surface area (Å²) in [7, 11) is 5.51. The largest absolute Gasteiger partial charge is 0.477 e. The number of hydrogen-bond acceptors (Lipinski definition) is 6. The molecular weight excluding hydrogens is 787 g/mol. The number of likely N-dealkylation sites (N-methyl/N-ethyl adjacent to an activating group) is 1. The van der Waals surface area contributed by atoms with E-state index in [-0.39, 0.29) is 42.7 Å². The highest BCUT2D eigenvalue weighted by molar-refractivity contribution is 5.72. The van der Waals surface area contributed by atoms with Gasteiger partial charge in [-0.1, -0.05) is 195 Å². The van der Waals surface area contributed by atoms with Crippen LogP contribution in [0.3, 0.4) is 0 Å². The number of hydrogen-bond donors (Lipinski definition) is 1. The summed E-state index contributed by atoms with van der Waals surface area (Å²) in [6, 6.07) is -0.626. The summed E-state index contributed by atoms with van der Waals surface area (Å²) in [4.78, 5) is 37.1. The Morgan fingerprint density at radius 1 is 0.492 bits per heavy atom. The molecule has 0 heterocycles. The second-order valence-electron chi connectivity index (χ2n) is 17.7. The molecule has 0 rings (SSSR count). The van der Waals surface area contributed by atoms with Gasteiger partial charge in [-0.3, -0.25) is 9.59 Å². The summed E-state index contributed by atoms with van der Waals surface area (Å²) in [5.74, 6) is -1.54. The maximum atomic E-state index is 12.8. The van der Waals surface area contributed by atoms with Crippen LogP contribution in [-0.4, -0.2) is 80.6 Å². The molecule has 2 unspecified atom stereocenters. The van der Waals surface area contributed by atoms with E-state index in [9.17, 15) is 19.5 Å². The van der Waals surface area contributed by atoms with Crippen LogP contribution in [0.15, 0.2) is 85.1 Å². The lowest BCUT2D eigenvalue weighted by Gasteiger charge is -2.31. The second kappa shape index (κ2) is 45.1. The third-order valence-electron chi connectivity index (χ3n) is 10.8. The van der Waals surface area contributed by atoms with E-state index in [1.165, 1.54) is 83.5 Å². The molecule has 8 heteroatoms. The van der Waals surface area contributed by atoms with Crippen molar-refractivity contribution in [3.05, 3.63) is 85.1 Å². The molecule has 0 fully saturated rings. The zero-order chi connectivity index (χ0) is 46.3. The minimum Gasteiger partial charge on any atom is -0.477 e. The number of rotatable bonds is 44. The molecule has 0 aliphatic heterocycles. The van der Waals surface area contributed by atoms with Crippen LogP contribution in [0.5, 0.6) is 0 Å². The van der Waals surface area contributed by atoms with Crippen LogP contribution in [0.2, 0.25) is 0 Å². The van der Waals surface area contributed by atoms with Crippen LogP contribution < -0.4 is 0 Å². The van der Waals surface area contributed by atoms with E-state index in [1.807, 2.05) is 21.1 Å². The van der Waals surface area contributed by atoms with Crippen LogP contribution in [-0.2, 0) is 28.6 Å². The van der Waals surface area contributed by atoms with Gasteiger partial charge >= 0.3 is 17.9 Å². The van der Waals surface area contributed by atoms with Crippen LogP contribution in [0.25, 0.3) is 0 Å². The zero-order valence-corrected chi connectivity index (χ0v) is 41.0. The summed E-state index contributed by atoms with van der Waals surface area (Å²) < 4.78 is 17.3. The zero-order valence-electron chi connectivity index (χ0n) is 41.0. The van der Waals surface area contributed by atoms with Crippen LogP contribution in [0, 0.1) is 0 Å². The minimum absolute atomic E-state index is 0.0405. The standard InChI is InChI=1S/C55H93NO7/c1-6-8-10-12-14-16-18-20-22-24-25-26-27-28-29-30-32-33-35-37-39-41-43-45-53(57)62-50-51(49-61-48-47-52(55(59)60)56(3,4)5)63-54(58)46-44-42-40-38-36-34-31-23-21-19-17-15-13-11-9-7-2/h8,10,14,16,20,22,25-26,28-29,32-33,37,39,51-52H,6-7,9,11-13,15,17-19,21,23-24,27,30-31,34-36,38,40-50H2,1-5H3/p+1/b10-8+,16-14+,22-20+,26-25+,29-28+,33-32+,39-37+. The fourth-order valence-corrected chi connectivity index (χ4v) is 6.96. The monoisotopic (exact) mass is 881 g/mol. The molecule has 8 nitrogen and oxygen atoms in total. The topological polar surface area (TPSA) is 99.1 Å². The molecule has 0 aromatic heterocycles. The van der Waals surface area contributed by atoms with Crippen molar-refractivity contribution in [2.75, 3.05) is 41.0 Å². The molecule has 0 aromatic rings. The van der Waals surface area contributed by atoms with Crippen molar-refractivity contribution in [2.45, 2.75) is 206 Å². The molecule has 0 saturated heterocycles. The average molecular weight is 881 g/mol. The van der Waals surface area contributed by atoms with E-state index < -0.39 is 18.1 Å².